The largest absolute Gasteiger partial charge is 0.461 e. The summed E-state index contributed by atoms with van der Waals surface area (Å²) in [5.41, 5.74) is 8.88. The molecule has 0 saturated heterocycles. The predicted octanol–water partition coefficient (Wildman–Crippen LogP) is 0.788. The van der Waals surface area contributed by atoms with Crippen LogP contribution in [0.2, 0.25) is 0 Å². The van der Waals surface area contributed by atoms with E-state index in [2.05, 4.69) is 15.1 Å². The van der Waals surface area contributed by atoms with Gasteiger partial charge in [-0.05, 0) is 32.4 Å². The van der Waals surface area contributed by atoms with Crippen LogP contribution in [-0.4, -0.2) is 52.9 Å². The molecule has 0 saturated carbocycles. The van der Waals surface area contributed by atoms with Gasteiger partial charge in [0.2, 0.25) is 5.78 Å². The van der Waals surface area contributed by atoms with E-state index < -0.39 is 29.8 Å². The van der Waals surface area contributed by atoms with E-state index in [9.17, 15) is 14.4 Å². The molecule has 9 nitrogen and oxygen atoms in total. The van der Waals surface area contributed by atoms with E-state index in [0.717, 1.165) is 6.21 Å². The van der Waals surface area contributed by atoms with Crippen molar-refractivity contribution in [3.8, 4) is 0 Å². The van der Waals surface area contributed by atoms with Crippen molar-refractivity contribution in [3.05, 3.63) is 29.6 Å². The van der Waals surface area contributed by atoms with E-state index in [1.165, 1.54) is 7.11 Å². The smallest absolute Gasteiger partial charge is 0.328 e. The maximum atomic E-state index is 12.4. The van der Waals surface area contributed by atoms with Gasteiger partial charge in [0.15, 0.2) is 6.10 Å². The predicted molar refractivity (Wildman–Crippen MR) is 87.6 cm³/mol. The molecular formula is C16H22N4O5. The summed E-state index contributed by atoms with van der Waals surface area (Å²) in [5, 5.41) is 2.54. The summed E-state index contributed by atoms with van der Waals surface area (Å²) in [5.74, 6) is -1.68. The monoisotopic (exact) mass is 350 g/mol. The number of aromatic amines is 1. The number of nitrogens with zero attached hydrogens (tertiary/aromatic N) is 2. The molecule has 0 aliphatic rings. The first-order valence-corrected chi connectivity index (χ1v) is 7.76. The number of ketones is 1. The SMILES string of the molecule is CO[C@H](C(=O)N[C@@H](CCC(=O)C=[N+]=[N-])C(=O)OC(C)C)c1ccc[nH]1. The Morgan fingerprint density at radius 1 is 1.40 bits per heavy atom. The number of aromatic nitrogens is 1. The lowest BCUT2D eigenvalue weighted by atomic mass is 10.1. The number of carbonyl (C=O) groups excluding carboxylic acids is 3. The fraction of sp³-hybridized carbons (Fsp3) is 0.500. The Morgan fingerprint density at radius 3 is 2.64 bits per heavy atom. The molecule has 1 heterocycles. The average molecular weight is 350 g/mol. The number of H-pyrrole nitrogens is 1. The summed E-state index contributed by atoms with van der Waals surface area (Å²) in [6.45, 7) is 3.36. The summed E-state index contributed by atoms with van der Waals surface area (Å²) >= 11 is 0. The Hall–Kier alpha value is -2.77. The molecule has 0 aliphatic carbocycles. The van der Waals surface area contributed by atoms with E-state index in [1.807, 2.05) is 0 Å². The molecule has 1 rings (SSSR count). The standard InChI is InChI=1S/C16H22N4O5/c1-10(2)25-16(23)13(7-6-11(21)9-19-17)20-15(22)14(24-3)12-5-4-8-18-12/h4-5,8-10,13-14,18H,6-7H2,1-3H3,(H,20,22)/t13-,14-/m0/s1. The summed E-state index contributed by atoms with van der Waals surface area (Å²) in [7, 11) is 1.37. The number of ether oxygens (including phenoxy) is 2. The van der Waals surface area contributed by atoms with E-state index in [0.29, 0.717) is 5.69 Å². The van der Waals surface area contributed by atoms with Gasteiger partial charge in [0.05, 0.1) is 11.8 Å². The van der Waals surface area contributed by atoms with Gasteiger partial charge < -0.3 is 25.3 Å². The van der Waals surface area contributed by atoms with Crippen LogP contribution in [0.3, 0.4) is 0 Å². The third kappa shape index (κ3) is 6.70. The van der Waals surface area contributed by atoms with Gasteiger partial charge >= 0.3 is 12.2 Å². The second-order valence-electron chi connectivity index (χ2n) is 5.54. The normalized spacial score (nSPS) is 12.8. The van der Waals surface area contributed by atoms with Gasteiger partial charge in [-0.3, -0.25) is 9.59 Å². The number of hydrogen-bond donors (Lipinski definition) is 2. The van der Waals surface area contributed by atoms with Crippen molar-refractivity contribution >= 4 is 23.9 Å². The molecule has 0 aliphatic heterocycles. The van der Waals surface area contributed by atoms with Gasteiger partial charge in [-0.15, -0.1) is 0 Å². The van der Waals surface area contributed by atoms with Crippen molar-refractivity contribution in [1.29, 1.82) is 0 Å². The quantitative estimate of drug-likeness (QED) is 0.278. The van der Waals surface area contributed by atoms with Crippen LogP contribution in [0.25, 0.3) is 5.53 Å². The van der Waals surface area contributed by atoms with Gasteiger partial charge in [0.1, 0.15) is 6.04 Å². The summed E-state index contributed by atoms with van der Waals surface area (Å²) < 4.78 is 10.3. The highest BCUT2D eigenvalue weighted by Gasteiger charge is 2.29. The zero-order valence-corrected chi connectivity index (χ0v) is 14.4. The van der Waals surface area contributed by atoms with Gasteiger partial charge in [0, 0.05) is 19.7 Å². The molecule has 136 valence electrons. The number of carbonyl (C=O) groups is 3. The molecule has 0 spiro atoms. The molecule has 1 aromatic rings. The minimum atomic E-state index is -1.03. The number of rotatable bonds is 10. The molecule has 9 heteroatoms. The van der Waals surface area contributed by atoms with Crippen molar-refractivity contribution in [2.45, 2.75) is 44.9 Å². The van der Waals surface area contributed by atoms with E-state index in [-0.39, 0.29) is 18.9 Å². The highest BCUT2D eigenvalue weighted by atomic mass is 16.5. The summed E-state index contributed by atoms with van der Waals surface area (Å²) in [6, 6.07) is 2.36. The molecule has 0 bridgehead atoms. The minimum Gasteiger partial charge on any atom is -0.461 e. The number of Topliss-reactive ketones (excluding diaryl/α,β-unsaturated/α-hetero) is 1. The maximum absolute atomic E-state index is 12.4. The zero-order valence-electron chi connectivity index (χ0n) is 14.4. The van der Waals surface area contributed by atoms with Gasteiger partial charge in [0.25, 0.3) is 5.91 Å². The van der Waals surface area contributed by atoms with Crippen molar-refractivity contribution in [3.63, 3.8) is 0 Å². The van der Waals surface area contributed by atoms with Crippen LogP contribution in [0.5, 0.6) is 0 Å². The van der Waals surface area contributed by atoms with Crippen molar-refractivity contribution in [1.82, 2.24) is 10.3 Å². The molecule has 1 aromatic heterocycles. The second-order valence-corrected chi connectivity index (χ2v) is 5.54. The van der Waals surface area contributed by atoms with Crippen LogP contribution in [0, 0.1) is 0 Å². The third-order valence-electron chi connectivity index (χ3n) is 3.21. The Bertz CT molecular complexity index is 635. The molecule has 0 unspecified atom stereocenters. The molecule has 0 aromatic carbocycles. The maximum Gasteiger partial charge on any atom is 0.328 e. The zero-order chi connectivity index (χ0) is 18.8. The molecule has 1 amide bonds. The Labute approximate surface area is 145 Å². The summed E-state index contributed by atoms with van der Waals surface area (Å²) in [4.78, 5) is 41.6. The van der Waals surface area contributed by atoms with E-state index >= 15 is 0 Å². The van der Waals surface area contributed by atoms with Crippen LogP contribution in [0.15, 0.2) is 18.3 Å². The molecule has 0 radical (unpaired) electrons. The molecule has 25 heavy (non-hydrogen) atoms. The lowest BCUT2D eigenvalue weighted by Crippen LogP contribution is -2.45. The fourth-order valence-electron chi connectivity index (χ4n) is 2.11. The van der Waals surface area contributed by atoms with Gasteiger partial charge in [-0.1, -0.05) is 0 Å². The van der Waals surface area contributed by atoms with Crippen LogP contribution in [0.1, 0.15) is 38.5 Å². The third-order valence-corrected chi connectivity index (χ3v) is 3.21. The first-order chi connectivity index (χ1) is 11.9. The highest BCUT2D eigenvalue weighted by molar-refractivity contribution is 6.25. The fourth-order valence-corrected chi connectivity index (χ4v) is 2.11. The Morgan fingerprint density at radius 2 is 2.12 bits per heavy atom. The van der Waals surface area contributed by atoms with Crippen LogP contribution in [0.4, 0.5) is 0 Å². The average Bonchev–Trinajstić information content (AvgIpc) is 3.05. The number of hydrogen-bond acceptors (Lipinski definition) is 5. The Balaban J connectivity index is 2.83. The molecule has 0 fully saturated rings. The van der Waals surface area contributed by atoms with Crippen molar-refractivity contribution in [2.75, 3.05) is 7.11 Å². The van der Waals surface area contributed by atoms with Crippen LogP contribution in [-0.2, 0) is 23.9 Å². The second kappa shape index (κ2) is 10.2. The number of methoxy groups -OCH3 is 1. The summed E-state index contributed by atoms with van der Waals surface area (Å²) in [6.07, 6.45) is 0.989. The van der Waals surface area contributed by atoms with Crippen molar-refractivity contribution in [2.24, 2.45) is 0 Å². The lowest BCUT2D eigenvalue weighted by Gasteiger charge is -2.21. The first-order valence-electron chi connectivity index (χ1n) is 7.76. The number of esters is 1. The molecule has 2 N–H and O–H groups in total. The van der Waals surface area contributed by atoms with Crippen LogP contribution >= 0.6 is 0 Å². The minimum absolute atomic E-state index is 0.00328. The van der Waals surface area contributed by atoms with Crippen LogP contribution < -0.4 is 5.32 Å². The van der Waals surface area contributed by atoms with E-state index in [4.69, 9.17) is 15.0 Å². The first kappa shape index (κ1) is 20.3. The Kier molecular flexibility index (Phi) is 8.25. The van der Waals surface area contributed by atoms with E-state index in [1.54, 1.807) is 32.2 Å². The highest BCUT2D eigenvalue weighted by Crippen LogP contribution is 2.15. The van der Waals surface area contributed by atoms with Gasteiger partial charge in [-0.2, -0.15) is 4.79 Å². The topological polar surface area (TPSA) is 134 Å². The molecule has 2 atom stereocenters. The number of amides is 1. The molecular weight excluding hydrogens is 328 g/mol. The lowest BCUT2D eigenvalue weighted by molar-refractivity contribution is -0.153. The van der Waals surface area contributed by atoms with Gasteiger partial charge in [-0.25, -0.2) is 4.79 Å². The van der Waals surface area contributed by atoms with Crippen molar-refractivity contribution < 1.29 is 28.6 Å². The number of nitrogens with one attached hydrogen (secondary N) is 2.